The van der Waals surface area contributed by atoms with Crippen LogP contribution in [0.3, 0.4) is 0 Å². The molecule has 3 aromatic rings. The Hall–Kier alpha value is -3.63. The standard InChI is InChI=1S/C15H14FN7O3/c1-8(13-20-22-23-21-13)18-14(24)11-6-17-12(19-15(11)25)7-26-10-4-2-9(16)3-5-10/h2-6,8H,7H2,1H3,(H,18,24)(H,17,19,25)(H,20,21,22,23)/t8-/m0/s1. The number of aromatic amines is 2. The molecular weight excluding hydrogens is 345 g/mol. The minimum atomic E-state index is -0.623. The highest BCUT2D eigenvalue weighted by Crippen LogP contribution is 2.12. The lowest BCUT2D eigenvalue weighted by molar-refractivity contribution is 0.0936. The molecule has 0 saturated carbocycles. The van der Waals surface area contributed by atoms with Crippen molar-refractivity contribution < 1.29 is 13.9 Å². The molecule has 0 fully saturated rings. The van der Waals surface area contributed by atoms with Crippen LogP contribution in [-0.4, -0.2) is 36.5 Å². The van der Waals surface area contributed by atoms with E-state index in [0.29, 0.717) is 5.75 Å². The molecule has 0 saturated heterocycles. The molecule has 1 amide bonds. The summed E-state index contributed by atoms with van der Waals surface area (Å²) >= 11 is 0. The van der Waals surface area contributed by atoms with Gasteiger partial charge in [0.05, 0.1) is 6.04 Å². The monoisotopic (exact) mass is 359 g/mol. The average Bonchev–Trinajstić information content (AvgIpc) is 3.16. The van der Waals surface area contributed by atoms with E-state index in [-0.39, 0.29) is 29.6 Å². The zero-order valence-corrected chi connectivity index (χ0v) is 13.6. The molecule has 2 aromatic heterocycles. The molecule has 134 valence electrons. The predicted molar refractivity (Wildman–Crippen MR) is 85.6 cm³/mol. The molecule has 0 aliphatic carbocycles. The third kappa shape index (κ3) is 4.06. The summed E-state index contributed by atoms with van der Waals surface area (Å²) in [6.45, 7) is 1.61. The maximum atomic E-state index is 12.8. The number of nitrogens with one attached hydrogen (secondary N) is 3. The van der Waals surface area contributed by atoms with Gasteiger partial charge in [0.1, 0.15) is 29.6 Å². The molecule has 2 heterocycles. The number of aromatic nitrogens is 6. The van der Waals surface area contributed by atoms with Crippen LogP contribution in [0.5, 0.6) is 5.75 Å². The van der Waals surface area contributed by atoms with Gasteiger partial charge in [-0.2, -0.15) is 5.21 Å². The number of carbonyl (C=O) groups excluding carboxylic acids is 1. The van der Waals surface area contributed by atoms with Gasteiger partial charge in [-0.25, -0.2) is 9.37 Å². The number of hydrogen-bond donors (Lipinski definition) is 3. The fourth-order valence-corrected chi connectivity index (χ4v) is 2.04. The van der Waals surface area contributed by atoms with Crippen LogP contribution in [-0.2, 0) is 6.61 Å². The van der Waals surface area contributed by atoms with Gasteiger partial charge in [-0.15, -0.1) is 10.2 Å². The van der Waals surface area contributed by atoms with E-state index in [4.69, 9.17) is 4.74 Å². The van der Waals surface area contributed by atoms with Gasteiger partial charge in [0, 0.05) is 6.20 Å². The van der Waals surface area contributed by atoms with Crippen molar-refractivity contribution in [2.75, 3.05) is 0 Å². The van der Waals surface area contributed by atoms with Gasteiger partial charge >= 0.3 is 0 Å². The highest BCUT2D eigenvalue weighted by atomic mass is 19.1. The van der Waals surface area contributed by atoms with E-state index in [1.165, 1.54) is 24.3 Å². The van der Waals surface area contributed by atoms with Crippen molar-refractivity contribution in [3.05, 3.63) is 63.8 Å². The summed E-state index contributed by atoms with van der Waals surface area (Å²) in [6.07, 6.45) is 1.15. The highest BCUT2D eigenvalue weighted by Gasteiger charge is 2.17. The summed E-state index contributed by atoms with van der Waals surface area (Å²) in [5.74, 6) is -0.0738. The maximum absolute atomic E-state index is 12.8. The number of rotatable bonds is 6. The molecule has 0 aliphatic rings. The molecule has 0 radical (unpaired) electrons. The molecule has 0 unspecified atom stereocenters. The average molecular weight is 359 g/mol. The number of H-pyrrole nitrogens is 2. The van der Waals surface area contributed by atoms with Crippen LogP contribution in [0.2, 0.25) is 0 Å². The molecule has 1 aromatic carbocycles. The molecule has 3 N–H and O–H groups in total. The van der Waals surface area contributed by atoms with Gasteiger partial charge in [0.25, 0.3) is 11.5 Å². The lowest BCUT2D eigenvalue weighted by Crippen LogP contribution is -2.32. The van der Waals surface area contributed by atoms with Gasteiger partial charge < -0.3 is 15.0 Å². The molecule has 11 heteroatoms. The molecule has 0 aliphatic heterocycles. The number of amides is 1. The Kier molecular flexibility index (Phi) is 4.97. The first kappa shape index (κ1) is 17.2. The minimum Gasteiger partial charge on any atom is -0.486 e. The molecule has 10 nitrogen and oxygen atoms in total. The van der Waals surface area contributed by atoms with Crippen LogP contribution in [0.15, 0.2) is 35.3 Å². The quantitative estimate of drug-likeness (QED) is 0.582. The third-order valence-electron chi connectivity index (χ3n) is 3.38. The van der Waals surface area contributed by atoms with E-state index in [1.54, 1.807) is 6.92 Å². The number of ether oxygens (including phenoxy) is 1. The number of carbonyl (C=O) groups is 1. The van der Waals surface area contributed by atoms with Crippen LogP contribution in [0.25, 0.3) is 0 Å². The Bertz CT molecular complexity index is 941. The Morgan fingerprint density at radius 3 is 2.77 bits per heavy atom. The van der Waals surface area contributed by atoms with Gasteiger partial charge in [0.2, 0.25) is 0 Å². The van der Waals surface area contributed by atoms with Crippen LogP contribution >= 0.6 is 0 Å². The summed E-state index contributed by atoms with van der Waals surface area (Å²) in [5, 5.41) is 15.8. The largest absolute Gasteiger partial charge is 0.486 e. The first-order valence-corrected chi connectivity index (χ1v) is 7.53. The summed E-state index contributed by atoms with van der Waals surface area (Å²) in [4.78, 5) is 30.7. The SMILES string of the molecule is C[C@H](NC(=O)c1cnc(COc2ccc(F)cc2)[nH]c1=O)c1nn[nH]n1. The number of tetrazole rings is 1. The van der Waals surface area contributed by atoms with Crippen LogP contribution in [0, 0.1) is 5.82 Å². The second kappa shape index (κ2) is 7.51. The normalized spacial score (nSPS) is 11.8. The zero-order chi connectivity index (χ0) is 18.5. The predicted octanol–water partition coefficient (Wildman–Crippen LogP) is 0.492. The van der Waals surface area contributed by atoms with Gasteiger partial charge in [0.15, 0.2) is 5.82 Å². The Balaban J connectivity index is 1.64. The lowest BCUT2D eigenvalue weighted by atomic mass is 10.2. The second-order valence-corrected chi connectivity index (χ2v) is 5.28. The van der Waals surface area contributed by atoms with E-state index in [0.717, 1.165) is 6.20 Å². The van der Waals surface area contributed by atoms with Crippen LogP contribution < -0.4 is 15.6 Å². The van der Waals surface area contributed by atoms with Crippen LogP contribution in [0.4, 0.5) is 4.39 Å². The van der Waals surface area contributed by atoms with Crippen LogP contribution in [0.1, 0.15) is 35.0 Å². The van der Waals surface area contributed by atoms with E-state index in [2.05, 4.69) is 35.9 Å². The summed E-state index contributed by atoms with van der Waals surface area (Å²) in [6, 6.07) is 4.87. The van der Waals surface area contributed by atoms with E-state index in [9.17, 15) is 14.0 Å². The molecular formula is C15H14FN7O3. The number of nitrogens with zero attached hydrogens (tertiary/aromatic N) is 4. The first-order chi connectivity index (χ1) is 12.5. The van der Waals surface area contributed by atoms with Crippen molar-refractivity contribution in [2.24, 2.45) is 0 Å². The minimum absolute atomic E-state index is 0.0396. The number of benzene rings is 1. The van der Waals surface area contributed by atoms with E-state index in [1.807, 2.05) is 0 Å². The molecule has 3 rings (SSSR count). The molecule has 1 atom stereocenters. The Labute approximate surface area is 145 Å². The number of hydrogen-bond acceptors (Lipinski definition) is 7. The summed E-state index contributed by atoms with van der Waals surface area (Å²) in [7, 11) is 0. The second-order valence-electron chi connectivity index (χ2n) is 5.28. The fourth-order valence-electron chi connectivity index (χ4n) is 2.04. The van der Waals surface area contributed by atoms with Crippen molar-refractivity contribution >= 4 is 5.91 Å². The molecule has 0 spiro atoms. The van der Waals surface area contributed by atoms with E-state index < -0.39 is 17.5 Å². The van der Waals surface area contributed by atoms with Crippen molar-refractivity contribution in [1.29, 1.82) is 0 Å². The topological polar surface area (TPSA) is 139 Å². The van der Waals surface area contributed by atoms with Gasteiger partial charge in [-0.05, 0) is 31.2 Å². The molecule has 26 heavy (non-hydrogen) atoms. The number of halogens is 1. The van der Waals surface area contributed by atoms with Crippen molar-refractivity contribution in [2.45, 2.75) is 19.6 Å². The Morgan fingerprint density at radius 2 is 2.12 bits per heavy atom. The van der Waals surface area contributed by atoms with Gasteiger partial charge in [-0.1, -0.05) is 5.21 Å². The van der Waals surface area contributed by atoms with E-state index >= 15 is 0 Å². The van der Waals surface area contributed by atoms with Gasteiger partial charge in [-0.3, -0.25) is 9.59 Å². The lowest BCUT2D eigenvalue weighted by Gasteiger charge is -2.10. The first-order valence-electron chi connectivity index (χ1n) is 7.53. The van der Waals surface area contributed by atoms with Crippen molar-refractivity contribution in [1.82, 2.24) is 35.9 Å². The maximum Gasteiger partial charge on any atom is 0.263 e. The summed E-state index contributed by atoms with van der Waals surface area (Å²) < 4.78 is 18.2. The van der Waals surface area contributed by atoms with Crippen molar-refractivity contribution in [3.63, 3.8) is 0 Å². The molecule has 0 bridgehead atoms. The van der Waals surface area contributed by atoms with Crippen molar-refractivity contribution in [3.8, 4) is 5.75 Å². The fraction of sp³-hybridized carbons (Fsp3) is 0.200. The Morgan fingerprint density at radius 1 is 1.35 bits per heavy atom. The third-order valence-corrected chi connectivity index (χ3v) is 3.38. The summed E-state index contributed by atoms with van der Waals surface area (Å²) in [5.41, 5.74) is -0.776. The zero-order valence-electron chi connectivity index (χ0n) is 13.6. The highest BCUT2D eigenvalue weighted by molar-refractivity contribution is 5.93. The smallest absolute Gasteiger partial charge is 0.263 e.